The Morgan fingerprint density at radius 3 is 2.69 bits per heavy atom. The summed E-state index contributed by atoms with van der Waals surface area (Å²) in [7, 11) is 2.19. The molecule has 3 heteroatoms. The zero-order chi connectivity index (χ0) is 11.4. The molecule has 16 heavy (non-hydrogen) atoms. The quantitative estimate of drug-likeness (QED) is 0.668. The Balaban J connectivity index is 1.51. The highest BCUT2D eigenvalue weighted by Gasteiger charge is 2.25. The zero-order valence-electron chi connectivity index (χ0n) is 10.5. The molecule has 3 nitrogen and oxygen atoms in total. The van der Waals surface area contributed by atoms with Gasteiger partial charge in [0.05, 0.1) is 6.61 Å². The molecule has 0 amide bonds. The Bertz CT molecular complexity index is 206. The maximum Gasteiger partial charge on any atom is 0.0593 e. The molecule has 0 aliphatic heterocycles. The van der Waals surface area contributed by atoms with E-state index in [1.54, 1.807) is 0 Å². The first kappa shape index (κ1) is 12.3. The van der Waals surface area contributed by atoms with Gasteiger partial charge in [-0.25, -0.2) is 0 Å². The van der Waals surface area contributed by atoms with Gasteiger partial charge in [0.2, 0.25) is 0 Å². The van der Waals surface area contributed by atoms with E-state index < -0.39 is 0 Å². The molecule has 0 aromatic heterocycles. The SMILES string of the molecule is CN(CCOCC1CC1)CC1CCCC1N. The molecule has 0 heterocycles. The minimum atomic E-state index is 0.440. The highest BCUT2D eigenvalue weighted by molar-refractivity contribution is 4.81. The van der Waals surface area contributed by atoms with Crippen molar-refractivity contribution in [1.82, 2.24) is 4.90 Å². The highest BCUT2D eigenvalue weighted by Crippen LogP contribution is 2.28. The van der Waals surface area contributed by atoms with Gasteiger partial charge in [0, 0.05) is 25.7 Å². The molecule has 2 atom stereocenters. The first-order valence-corrected chi connectivity index (χ1v) is 6.77. The lowest BCUT2D eigenvalue weighted by Gasteiger charge is -2.23. The molecule has 0 radical (unpaired) electrons. The number of likely N-dealkylation sites (N-methyl/N-ethyl adjacent to an activating group) is 1. The van der Waals surface area contributed by atoms with Crippen LogP contribution in [-0.4, -0.2) is 44.3 Å². The second kappa shape index (κ2) is 5.99. The van der Waals surface area contributed by atoms with Crippen LogP contribution < -0.4 is 5.73 Å². The summed E-state index contributed by atoms with van der Waals surface area (Å²) in [6, 6.07) is 0.440. The van der Waals surface area contributed by atoms with Crippen LogP contribution in [0.25, 0.3) is 0 Å². The fourth-order valence-electron chi connectivity index (χ4n) is 2.54. The summed E-state index contributed by atoms with van der Waals surface area (Å²) in [6.45, 7) is 4.07. The van der Waals surface area contributed by atoms with Gasteiger partial charge in [-0.3, -0.25) is 0 Å². The van der Waals surface area contributed by atoms with E-state index in [1.165, 1.54) is 32.1 Å². The number of hydrogen-bond acceptors (Lipinski definition) is 3. The van der Waals surface area contributed by atoms with Crippen molar-refractivity contribution in [2.75, 3.05) is 33.4 Å². The van der Waals surface area contributed by atoms with Crippen LogP contribution in [0.3, 0.4) is 0 Å². The van der Waals surface area contributed by atoms with Crippen LogP contribution in [-0.2, 0) is 4.74 Å². The minimum absolute atomic E-state index is 0.440. The standard InChI is InChI=1S/C13H26N2O/c1-15(7-8-16-10-11-5-6-11)9-12-3-2-4-13(12)14/h11-13H,2-10,14H2,1H3. The molecular formula is C13H26N2O. The minimum Gasteiger partial charge on any atom is -0.380 e. The number of ether oxygens (including phenoxy) is 1. The third-order valence-electron chi connectivity index (χ3n) is 3.93. The lowest BCUT2D eigenvalue weighted by atomic mass is 10.0. The van der Waals surface area contributed by atoms with Gasteiger partial charge in [-0.2, -0.15) is 0 Å². The normalized spacial score (nSPS) is 30.2. The summed E-state index contributed by atoms with van der Waals surface area (Å²) < 4.78 is 5.65. The Morgan fingerprint density at radius 2 is 2.06 bits per heavy atom. The molecule has 0 aromatic rings. The molecule has 94 valence electrons. The maximum atomic E-state index is 6.07. The Labute approximate surface area is 99.3 Å². The molecule has 2 fully saturated rings. The second-order valence-corrected chi connectivity index (χ2v) is 5.64. The van der Waals surface area contributed by atoms with Crippen molar-refractivity contribution in [3.63, 3.8) is 0 Å². The van der Waals surface area contributed by atoms with Crippen LogP contribution >= 0.6 is 0 Å². The molecular weight excluding hydrogens is 200 g/mol. The van der Waals surface area contributed by atoms with Crippen LogP contribution in [0, 0.1) is 11.8 Å². The van der Waals surface area contributed by atoms with E-state index in [9.17, 15) is 0 Å². The van der Waals surface area contributed by atoms with E-state index >= 15 is 0 Å². The summed E-state index contributed by atoms with van der Waals surface area (Å²) in [4.78, 5) is 2.38. The summed E-state index contributed by atoms with van der Waals surface area (Å²) in [6.07, 6.45) is 6.61. The zero-order valence-corrected chi connectivity index (χ0v) is 10.5. The van der Waals surface area contributed by atoms with E-state index in [4.69, 9.17) is 10.5 Å². The lowest BCUT2D eigenvalue weighted by molar-refractivity contribution is 0.0986. The largest absolute Gasteiger partial charge is 0.380 e. The molecule has 2 rings (SSSR count). The van der Waals surface area contributed by atoms with Gasteiger partial charge in [-0.1, -0.05) is 6.42 Å². The molecule has 2 saturated carbocycles. The summed E-state index contributed by atoms with van der Waals surface area (Å²) >= 11 is 0. The van der Waals surface area contributed by atoms with Gasteiger partial charge < -0.3 is 15.4 Å². The van der Waals surface area contributed by atoms with Crippen LogP contribution in [0.2, 0.25) is 0 Å². The van der Waals surface area contributed by atoms with Gasteiger partial charge in [0.1, 0.15) is 0 Å². The number of nitrogens with two attached hydrogens (primary N) is 1. The monoisotopic (exact) mass is 226 g/mol. The van der Waals surface area contributed by atoms with Crippen molar-refractivity contribution in [2.24, 2.45) is 17.6 Å². The van der Waals surface area contributed by atoms with Crippen LogP contribution in [0.15, 0.2) is 0 Å². The summed E-state index contributed by atoms with van der Waals surface area (Å²) in [5.74, 6) is 1.60. The molecule has 2 unspecified atom stereocenters. The molecule has 2 N–H and O–H groups in total. The van der Waals surface area contributed by atoms with Crippen LogP contribution in [0.1, 0.15) is 32.1 Å². The topological polar surface area (TPSA) is 38.5 Å². The number of rotatable bonds is 7. The molecule has 0 aromatic carbocycles. The summed E-state index contributed by atoms with van der Waals surface area (Å²) in [5, 5.41) is 0. The fourth-order valence-corrected chi connectivity index (χ4v) is 2.54. The van der Waals surface area contributed by atoms with Gasteiger partial charge >= 0.3 is 0 Å². The molecule has 0 saturated heterocycles. The molecule has 2 aliphatic rings. The first-order chi connectivity index (χ1) is 7.75. The predicted octanol–water partition coefficient (Wildman–Crippen LogP) is 1.47. The van der Waals surface area contributed by atoms with E-state index in [1.807, 2.05) is 0 Å². The van der Waals surface area contributed by atoms with Crippen molar-refractivity contribution in [2.45, 2.75) is 38.1 Å². The van der Waals surface area contributed by atoms with E-state index in [0.717, 1.165) is 32.2 Å². The lowest BCUT2D eigenvalue weighted by Crippen LogP contribution is -2.35. The number of hydrogen-bond donors (Lipinski definition) is 1. The van der Waals surface area contributed by atoms with E-state index in [-0.39, 0.29) is 0 Å². The van der Waals surface area contributed by atoms with E-state index in [0.29, 0.717) is 12.0 Å². The van der Waals surface area contributed by atoms with Crippen molar-refractivity contribution < 1.29 is 4.74 Å². The molecule has 2 aliphatic carbocycles. The third-order valence-corrected chi connectivity index (χ3v) is 3.93. The Morgan fingerprint density at radius 1 is 1.25 bits per heavy atom. The Kier molecular flexibility index (Phi) is 4.62. The molecule has 0 spiro atoms. The van der Waals surface area contributed by atoms with Crippen molar-refractivity contribution in [3.8, 4) is 0 Å². The summed E-state index contributed by atoms with van der Waals surface area (Å²) in [5.41, 5.74) is 6.07. The van der Waals surface area contributed by atoms with Crippen LogP contribution in [0.5, 0.6) is 0 Å². The van der Waals surface area contributed by atoms with Gasteiger partial charge in [-0.15, -0.1) is 0 Å². The van der Waals surface area contributed by atoms with E-state index in [2.05, 4.69) is 11.9 Å². The Hall–Kier alpha value is -0.120. The van der Waals surface area contributed by atoms with Crippen LogP contribution in [0.4, 0.5) is 0 Å². The average molecular weight is 226 g/mol. The fraction of sp³-hybridized carbons (Fsp3) is 1.00. The van der Waals surface area contributed by atoms with Gasteiger partial charge in [0.15, 0.2) is 0 Å². The first-order valence-electron chi connectivity index (χ1n) is 6.77. The molecule has 0 bridgehead atoms. The average Bonchev–Trinajstić information content (AvgIpc) is 3.00. The maximum absolute atomic E-state index is 6.07. The second-order valence-electron chi connectivity index (χ2n) is 5.64. The van der Waals surface area contributed by atoms with Crippen molar-refractivity contribution >= 4 is 0 Å². The predicted molar refractivity (Wildman–Crippen MR) is 66.4 cm³/mol. The van der Waals surface area contributed by atoms with Crippen molar-refractivity contribution in [3.05, 3.63) is 0 Å². The third kappa shape index (κ3) is 4.04. The highest BCUT2D eigenvalue weighted by atomic mass is 16.5. The van der Waals surface area contributed by atoms with Gasteiger partial charge in [-0.05, 0) is 44.6 Å². The van der Waals surface area contributed by atoms with Gasteiger partial charge in [0.25, 0.3) is 0 Å². The number of nitrogens with zero attached hydrogens (tertiary/aromatic N) is 1. The smallest absolute Gasteiger partial charge is 0.0593 e. The van der Waals surface area contributed by atoms with Crippen molar-refractivity contribution in [1.29, 1.82) is 0 Å².